The van der Waals surface area contributed by atoms with Gasteiger partial charge in [0, 0.05) is 30.1 Å². The van der Waals surface area contributed by atoms with Gasteiger partial charge in [-0.3, -0.25) is 9.69 Å². The highest BCUT2D eigenvalue weighted by Crippen LogP contribution is 2.37. The van der Waals surface area contributed by atoms with E-state index < -0.39 is 0 Å². The van der Waals surface area contributed by atoms with Crippen molar-refractivity contribution in [1.82, 2.24) is 4.90 Å². The summed E-state index contributed by atoms with van der Waals surface area (Å²) in [4.78, 5) is 16.2. The van der Waals surface area contributed by atoms with Crippen molar-refractivity contribution in [1.29, 1.82) is 5.26 Å². The fourth-order valence-corrected chi connectivity index (χ4v) is 4.92. The molecule has 5 nitrogen and oxygen atoms in total. The van der Waals surface area contributed by atoms with E-state index in [1.54, 1.807) is 24.3 Å². The van der Waals surface area contributed by atoms with E-state index in [1.165, 1.54) is 16.9 Å². The summed E-state index contributed by atoms with van der Waals surface area (Å²) in [5, 5.41) is 13.3. The molecule has 3 aromatic rings. The normalized spacial score (nSPS) is 13.3. The monoisotopic (exact) mass is 417 g/mol. The minimum Gasteiger partial charge on any atom is -0.494 e. The number of carbonyl (C=O) groups is 1. The van der Waals surface area contributed by atoms with Gasteiger partial charge in [-0.05, 0) is 48.7 Å². The standard InChI is InChI=1S/C24H23N3O2S/c1-2-29-19-10-8-18(9-11-19)23(28)26-24-21(14-25)20-12-13-27(16-22(20)30-24)15-17-6-4-3-5-7-17/h3-11H,2,12-13,15-16H2,1H3,(H,26,28). The summed E-state index contributed by atoms with van der Waals surface area (Å²) >= 11 is 1.51. The van der Waals surface area contributed by atoms with E-state index >= 15 is 0 Å². The lowest BCUT2D eigenvalue weighted by molar-refractivity contribution is 0.102. The molecule has 152 valence electrons. The second kappa shape index (κ2) is 9.12. The van der Waals surface area contributed by atoms with Crippen LogP contribution < -0.4 is 10.1 Å². The number of rotatable bonds is 6. The van der Waals surface area contributed by atoms with Crippen molar-refractivity contribution in [3.8, 4) is 11.8 Å². The van der Waals surface area contributed by atoms with Crippen LogP contribution in [0, 0.1) is 11.3 Å². The molecule has 0 saturated carbocycles. The van der Waals surface area contributed by atoms with Gasteiger partial charge in [-0.1, -0.05) is 30.3 Å². The molecule has 4 rings (SSSR count). The summed E-state index contributed by atoms with van der Waals surface area (Å²) in [7, 11) is 0. The molecule has 1 N–H and O–H groups in total. The lowest BCUT2D eigenvalue weighted by Crippen LogP contribution is -2.29. The van der Waals surface area contributed by atoms with Crippen molar-refractivity contribution >= 4 is 22.2 Å². The predicted molar refractivity (Wildman–Crippen MR) is 119 cm³/mol. The number of thiophene rings is 1. The summed E-state index contributed by atoms with van der Waals surface area (Å²) < 4.78 is 5.43. The van der Waals surface area contributed by atoms with Crippen LogP contribution in [-0.4, -0.2) is 24.0 Å². The minimum absolute atomic E-state index is 0.214. The van der Waals surface area contributed by atoms with Gasteiger partial charge in [-0.15, -0.1) is 11.3 Å². The zero-order chi connectivity index (χ0) is 20.9. The van der Waals surface area contributed by atoms with Crippen LogP contribution in [0.2, 0.25) is 0 Å². The van der Waals surface area contributed by atoms with Crippen LogP contribution in [-0.2, 0) is 19.5 Å². The maximum absolute atomic E-state index is 12.7. The van der Waals surface area contributed by atoms with Gasteiger partial charge in [-0.2, -0.15) is 5.26 Å². The third-order valence-corrected chi connectivity index (χ3v) is 6.28. The third-order valence-electron chi connectivity index (χ3n) is 5.15. The van der Waals surface area contributed by atoms with Gasteiger partial charge in [0.2, 0.25) is 0 Å². The molecule has 0 spiro atoms. The van der Waals surface area contributed by atoms with Crippen LogP contribution in [0.4, 0.5) is 5.00 Å². The third kappa shape index (κ3) is 4.38. The molecule has 2 aromatic carbocycles. The topological polar surface area (TPSA) is 65.4 Å². The SMILES string of the molecule is CCOc1ccc(C(=O)Nc2sc3c(c2C#N)CCN(Cc2ccccc2)C3)cc1. The van der Waals surface area contributed by atoms with Crippen molar-refractivity contribution in [2.45, 2.75) is 26.4 Å². The lowest BCUT2D eigenvalue weighted by Gasteiger charge is -2.26. The summed E-state index contributed by atoms with van der Waals surface area (Å²) in [6.07, 6.45) is 0.820. The molecular weight excluding hydrogens is 394 g/mol. The van der Waals surface area contributed by atoms with Gasteiger partial charge in [0.05, 0.1) is 12.2 Å². The smallest absolute Gasteiger partial charge is 0.256 e. The van der Waals surface area contributed by atoms with Gasteiger partial charge in [0.15, 0.2) is 0 Å². The molecule has 0 aliphatic carbocycles. The number of fused-ring (bicyclic) bond motifs is 1. The molecule has 0 bridgehead atoms. The molecule has 1 aliphatic rings. The highest BCUT2D eigenvalue weighted by Gasteiger charge is 2.25. The van der Waals surface area contributed by atoms with Crippen molar-refractivity contribution < 1.29 is 9.53 Å². The maximum Gasteiger partial charge on any atom is 0.256 e. The number of benzene rings is 2. The molecule has 1 aromatic heterocycles. The Labute approximate surface area is 180 Å². The predicted octanol–water partition coefficient (Wildman–Crippen LogP) is 4.83. The average Bonchev–Trinajstić information content (AvgIpc) is 3.11. The van der Waals surface area contributed by atoms with Gasteiger partial charge in [-0.25, -0.2) is 0 Å². The number of nitrogens with zero attached hydrogens (tertiary/aromatic N) is 2. The maximum atomic E-state index is 12.7. The number of hydrogen-bond donors (Lipinski definition) is 1. The number of carbonyl (C=O) groups excluding carboxylic acids is 1. The Bertz CT molecular complexity index is 1070. The number of amides is 1. The van der Waals surface area contributed by atoms with Gasteiger partial charge in [0.25, 0.3) is 5.91 Å². The van der Waals surface area contributed by atoms with Crippen molar-refractivity contribution in [2.24, 2.45) is 0 Å². The molecule has 2 heterocycles. The number of hydrogen-bond acceptors (Lipinski definition) is 5. The van der Waals surface area contributed by atoms with E-state index in [9.17, 15) is 10.1 Å². The summed E-state index contributed by atoms with van der Waals surface area (Å²) in [5.41, 5.74) is 3.50. The van der Waals surface area contributed by atoms with Crippen LogP contribution in [0.1, 0.15) is 38.8 Å². The number of nitriles is 1. The fourth-order valence-electron chi connectivity index (χ4n) is 3.68. The first-order valence-corrected chi connectivity index (χ1v) is 10.8. The van der Waals surface area contributed by atoms with Crippen LogP contribution in [0.3, 0.4) is 0 Å². The summed E-state index contributed by atoms with van der Waals surface area (Å²) in [6.45, 7) is 5.08. The molecular formula is C24H23N3O2S. The van der Waals surface area contributed by atoms with E-state index in [1.807, 2.05) is 13.0 Å². The Balaban J connectivity index is 1.49. The van der Waals surface area contributed by atoms with E-state index in [4.69, 9.17) is 4.74 Å². The summed E-state index contributed by atoms with van der Waals surface area (Å²) in [6, 6.07) is 19.7. The molecule has 0 unspecified atom stereocenters. The van der Waals surface area contributed by atoms with E-state index in [-0.39, 0.29) is 5.91 Å². The van der Waals surface area contributed by atoms with Crippen molar-refractivity contribution in [2.75, 3.05) is 18.5 Å². The first-order valence-electron chi connectivity index (χ1n) is 10.0. The largest absolute Gasteiger partial charge is 0.494 e. The zero-order valence-corrected chi connectivity index (χ0v) is 17.7. The highest BCUT2D eigenvalue weighted by molar-refractivity contribution is 7.16. The molecule has 0 atom stereocenters. The Morgan fingerprint density at radius 1 is 1.20 bits per heavy atom. The number of nitrogens with one attached hydrogen (secondary N) is 1. The Kier molecular flexibility index (Phi) is 6.12. The van der Waals surface area contributed by atoms with Gasteiger partial charge in [0.1, 0.15) is 16.8 Å². The van der Waals surface area contributed by atoms with Crippen LogP contribution >= 0.6 is 11.3 Å². The molecule has 0 saturated heterocycles. The molecule has 0 fully saturated rings. The number of anilines is 1. The average molecular weight is 418 g/mol. The van der Waals surface area contributed by atoms with E-state index in [0.29, 0.717) is 22.7 Å². The molecule has 30 heavy (non-hydrogen) atoms. The van der Waals surface area contributed by atoms with Gasteiger partial charge < -0.3 is 10.1 Å². The first kappa shape index (κ1) is 20.1. The van der Waals surface area contributed by atoms with E-state index in [0.717, 1.165) is 42.2 Å². The first-order chi connectivity index (χ1) is 14.7. The minimum atomic E-state index is -0.214. The second-order valence-corrected chi connectivity index (χ2v) is 8.28. The van der Waals surface area contributed by atoms with E-state index in [2.05, 4.69) is 40.6 Å². The van der Waals surface area contributed by atoms with Crippen LogP contribution in [0.25, 0.3) is 0 Å². The Hall–Kier alpha value is -3.14. The summed E-state index contributed by atoms with van der Waals surface area (Å²) in [5.74, 6) is 0.520. The molecule has 6 heteroatoms. The zero-order valence-electron chi connectivity index (χ0n) is 16.9. The quantitative estimate of drug-likeness (QED) is 0.624. The molecule has 1 amide bonds. The van der Waals surface area contributed by atoms with Gasteiger partial charge >= 0.3 is 0 Å². The van der Waals surface area contributed by atoms with Crippen LogP contribution in [0.5, 0.6) is 5.75 Å². The second-order valence-electron chi connectivity index (χ2n) is 7.18. The number of ether oxygens (including phenoxy) is 1. The highest BCUT2D eigenvalue weighted by atomic mass is 32.1. The molecule has 0 radical (unpaired) electrons. The Morgan fingerprint density at radius 3 is 2.67 bits per heavy atom. The van der Waals surface area contributed by atoms with Crippen LogP contribution in [0.15, 0.2) is 54.6 Å². The lowest BCUT2D eigenvalue weighted by atomic mass is 10.0. The van der Waals surface area contributed by atoms with Crippen molar-refractivity contribution in [3.63, 3.8) is 0 Å². The van der Waals surface area contributed by atoms with Crippen molar-refractivity contribution in [3.05, 3.63) is 81.7 Å². The Morgan fingerprint density at radius 2 is 1.97 bits per heavy atom. The molecule has 1 aliphatic heterocycles. The fraction of sp³-hybridized carbons (Fsp3) is 0.250.